The molecule has 0 bridgehead atoms. The number of anilines is 2. The van der Waals surface area contributed by atoms with Gasteiger partial charge in [-0.3, -0.25) is 9.69 Å². The van der Waals surface area contributed by atoms with E-state index in [9.17, 15) is 9.59 Å². The number of amides is 3. The summed E-state index contributed by atoms with van der Waals surface area (Å²) in [6.07, 6.45) is 0.767. The lowest BCUT2D eigenvalue weighted by molar-refractivity contribution is -0.120. The molecule has 3 amide bonds. The minimum absolute atomic E-state index is 0.145. The van der Waals surface area contributed by atoms with Crippen LogP contribution < -0.4 is 20.1 Å². The van der Waals surface area contributed by atoms with Gasteiger partial charge in [-0.2, -0.15) is 0 Å². The molecule has 1 atom stereocenters. The first-order chi connectivity index (χ1) is 15.4. The van der Waals surface area contributed by atoms with Crippen LogP contribution in [0.15, 0.2) is 42.5 Å². The van der Waals surface area contributed by atoms with Crippen molar-refractivity contribution in [2.24, 2.45) is 0 Å². The molecule has 0 spiro atoms. The average molecular weight is 461 g/mol. The number of urea groups is 1. The highest BCUT2D eigenvalue weighted by Crippen LogP contribution is 2.29. The molecule has 0 unspecified atom stereocenters. The number of methoxy groups -OCH3 is 2. The zero-order valence-corrected chi connectivity index (χ0v) is 19.3. The van der Waals surface area contributed by atoms with Gasteiger partial charge in [0, 0.05) is 43.0 Å². The van der Waals surface area contributed by atoms with Crippen LogP contribution >= 0.6 is 11.6 Å². The minimum atomic E-state index is -0.373. The van der Waals surface area contributed by atoms with Crippen molar-refractivity contribution >= 4 is 34.9 Å². The molecule has 0 aromatic heterocycles. The van der Waals surface area contributed by atoms with E-state index in [0.717, 1.165) is 6.42 Å². The van der Waals surface area contributed by atoms with Gasteiger partial charge in [0.05, 0.1) is 25.9 Å². The number of hydrogen-bond donors (Lipinski definition) is 2. The molecule has 0 radical (unpaired) electrons. The van der Waals surface area contributed by atoms with Gasteiger partial charge in [-0.25, -0.2) is 4.79 Å². The molecule has 2 N–H and O–H groups in total. The first kappa shape index (κ1) is 23.7. The molecular formula is C23H29ClN4O4. The van der Waals surface area contributed by atoms with Crippen molar-refractivity contribution in [1.82, 2.24) is 9.80 Å². The third kappa shape index (κ3) is 6.05. The summed E-state index contributed by atoms with van der Waals surface area (Å²) in [5, 5.41) is 6.38. The van der Waals surface area contributed by atoms with Crippen molar-refractivity contribution in [1.29, 1.82) is 0 Å². The highest BCUT2D eigenvalue weighted by Gasteiger charge is 2.26. The first-order valence-corrected chi connectivity index (χ1v) is 10.9. The molecule has 0 saturated carbocycles. The van der Waals surface area contributed by atoms with Crippen molar-refractivity contribution in [2.75, 3.05) is 51.0 Å². The van der Waals surface area contributed by atoms with E-state index in [4.69, 9.17) is 21.1 Å². The molecule has 1 aliphatic heterocycles. The zero-order valence-electron chi connectivity index (χ0n) is 18.6. The van der Waals surface area contributed by atoms with Crippen molar-refractivity contribution in [2.45, 2.75) is 19.4 Å². The second-order valence-corrected chi connectivity index (χ2v) is 7.98. The molecular weight excluding hydrogens is 432 g/mol. The number of nitrogens with one attached hydrogen (secondary N) is 2. The highest BCUT2D eigenvalue weighted by atomic mass is 35.5. The summed E-state index contributed by atoms with van der Waals surface area (Å²) in [6, 6.07) is 11.8. The van der Waals surface area contributed by atoms with E-state index in [-0.39, 0.29) is 18.0 Å². The Hall–Kier alpha value is -2.97. The monoisotopic (exact) mass is 460 g/mol. The maximum Gasteiger partial charge on any atom is 0.321 e. The van der Waals surface area contributed by atoms with Crippen molar-refractivity contribution in [3.05, 3.63) is 47.5 Å². The lowest BCUT2D eigenvalue weighted by Crippen LogP contribution is -2.44. The van der Waals surface area contributed by atoms with Gasteiger partial charge in [-0.05, 0) is 43.7 Å². The summed E-state index contributed by atoms with van der Waals surface area (Å²) >= 11 is 5.99. The van der Waals surface area contributed by atoms with Gasteiger partial charge in [-0.1, -0.05) is 17.7 Å². The van der Waals surface area contributed by atoms with Crippen LogP contribution in [0.2, 0.25) is 5.02 Å². The maximum absolute atomic E-state index is 12.9. The van der Waals surface area contributed by atoms with E-state index in [0.29, 0.717) is 54.1 Å². The summed E-state index contributed by atoms with van der Waals surface area (Å²) in [4.78, 5) is 29.4. The Bertz CT molecular complexity index is 955. The predicted octanol–water partition coefficient (Wildman–Crippen LogP) is 3.92. The van der Waals surface area contributed by atoms with Crippen LogP contribution in [-0.2, 0) is 4.79 Å². The Balaban J connectivity index is 1.58. The van der Waals surface area contributed by atoms with Crippen LogP contribution in [0.3, 0.4) is 0 Å². The Kier molecular flexibility index (Phi) is 8.19. The smallest absolute Gasteiger partial charge is 0.321 e. The number of nitrogens with zero attached hydrogens (tertiary/aromatic N) is 2. The summed E-state index contributed by atoms with van der Waals surface area (Å²) in [6.45, 7) is 4.30. The molecule has 1 heterocycles. The molecule has 1 saturated heterocycles. The number of hydrogen-bond acceptors (Lipinski definition) is 5. The van der Waals surface area contributed by atoms with Crippen LogP contribution in [0.25, 0.3) is 0 Å². The highest BCUT2D eigenvalue weighted by molar-refractivity contribution is 6.30. The zero-order chi connectivity index (χ0) is 23.1. The molecule has 8 nitrogen and oxygen atoms in total. The van der Waals surface area contributed by atoms with Crippen LogP contribution in [-0.4, -0.2) is 68.2 Å². The van der Waals surface area contributed by atoms with Gasteiger partial charge < -0.3 is 25.0 Å². The summed E-state index contributed by atoms with van der Waals surface area (Å²) in [5.41, 5.74) is 1.21. The molecule has 2 aromatic rings. The first-order valence-electron chi connectivity index (χ1n) is 10.5. The molecule has 1 fully saturated rings. The van der Waals surface area contributed by atoms with E-state index < -0.39 is 0 Å². The quantitative estimate of drug-likeness (QED) is 0.682. The van der Waals surface area contributed by atoms with E-state index in [2.05, 4.69) is 15.5 Å². The predicted molar refractivity (Wildman–Crippen MR) is 126 cm³/mol. The Labute approximate surface area is 193 Å². The normalized spacial score (nSPS) is 15.4. The molecule has 2 aromatic carbocycles. The van der Waals surface area contributed by atoms with Gasteiger partial charge in [0.25, 0.3) is 0 Å². The van der Waals surface area contributed by atoms with E-state index in [1.165, 1.54) is 0 Å². The topological polar surface area (TPSA) is 83.1 Å². The molecule has 1 aliphatic rings. The van der Waals surface area contributed by atoms with Crippen molar-refractivity contribution in [3.63, 3.8) is 0 Å². The summed E-state index contributed by atoms with van der Waals surface area (Å²) < 4.78 is 10.6. The summed E-state index contributed by atoms with van der Waals surface area (Å²) in [7, 11) is 3.13. The standard InChI is InChI=1S/C23H29ClN4O4/c1-16(22(29)26-20-15-19(31-2)8-9-21(20)32-3)27-10-5-11-28(13-12-27)23(30)25-18-7-4-6-17(24)14-18/h4,6-9,14-16H,5,10-13H2,1-3H3,(H,25,30)(H,26,29)/t16-/m1/s1. The number of ether oxygens (including phenoxy) is 2. The minimum Gasteiger partial charge on any atom is -0.497 e. The number of carbonyl (C=O) groups is 2. The van der Waals surface area contributed by atoms with E-state index in [1.54, 1.807) is 61.6 Å². The third-order valence-corrected chi connectivity index (χ3v) is 5.72. The van der Waals surface area contributed by atoms with Crippen LogP contribution in [0.5, 0.6) is 11.5 Å². The van der Waals surface area contributed by atoms with Gasteiger partial charge in [0.15, 0.2) is 0 Å². The number of halogens is 1. The van der Waals surface area contributed by atoms with Crippen molar-refractivity contribution < 1.29 is 19.1 Å². The molecule has 3 rings (SSSR count). The average Bonchev–Trinajstić information content (AvgIpc) is 3.05. The third-order valence-electron chi connectivity index (χ3n) is 5.49. The van der Waals surface area contributed by atoms with Gasteiger partial charge in [-0.15, -0.1) is 0 Å². The largest absolute Gasteiger partial charge is 0.497 e. The Morgan fingerprint density at radius 1 is 1.00 bits per heavy atom. The Morgan fingerprint density at radius 3 is 2.53 bits per heavy atom. The SMILES string of the molecule is COc1ccc(OC)c(NC(=O)[C@@H](C)N2CCCN(C(=O)Nc3cccc(Cl)c3)CC2)c1. The number of rotatable bonds is 6. The van der Waals surface area contributed by atoms with Crippen LogP contribution in [0.4, 0.5) is 16.2 Å². The van der Waals surface area contributed by atoms with Crippen LogP contribution in [0, 0.1) is 0 Å². The number of benzene rings is 2. The fraction of sp³-hybridized carbons (Fsp3) is 0.391. The van der Waals surface area contributed by atoms with E-state index >= 15 is 0 Å². The van der Waals surface area contributed by atoms with E-state index in [1.807, 2.05) is 6.92 Å². The van der Waals surface area contributed by atoms with Crippen molar-refractivity contribution in [3.8, 4) is 11.5 Å². The summed E-state index contributed by atoms with van der Waals surface area (Å²) in [5.74, 6) is 1.05. The maximum atomic E-state index is 12.9. The van der Waals surface area contributed by atoms with Gasteiger partial charge in [0.1, 0.15) is 11.5 Å². The Morgan fingerprint density at radius 2 is 1.81 bits per heavy atom. The second-order valence-electron chi connectivity index (χ2n) is 7.55. The van der Waals surface area contributed by atoms with Gasteiger partial charge >= 0.3 is 6.03 Å². The lowest BCUT2D eigenvalue weighted by atomic mass is 10.2. The fourth-order valence-electron chi connectivity index (χ4n) is 3.61. The second kappa shape index (κ2) is 11.1. The van der Waals surface area contributed by atoms with Crippen LogP contribution in [0.1, 0.15) is 13.3 Å². The molecule has 9 heteroatoms. The molecule has 0 aliphatic carbocycles. The lowest BCUT2D eigenvalue weighted by Gasteiger charge is -2.27. The number of carbonyl (C=O) groups excluding carboxylic acids is 2. The molecule has 172 valence electrons. The fourth-order valence-corrected chi connectivity index (χ4v) is 3.80. The molecule has 32 heavy (non-hydrogen) atoms. The van der Waals surface area contributed by atoms with Gasteiger partial charge in [0.2, 0.25) is 5.91 Å².